The monoisotopic (exact) mass is 364 g/mol. The summed E-state index contributed by atoms with van der Waals surface area (Å²) in [5.74, 6) is -2.10. The molecule has 27 heavy (non-hydrogen) atoms. The summed E-state index contributed by atoms with van der Waals surface area (Å²) in [6.07, 6.45) is 0. The Balaban J connectivity index is 1.96. The molecule has 7 nitrogen and oxygen atoms in total. The Bertz CT molecular complexity index is 1020. The van der Waals surface area contributed by atoms with Gasteiger partial charge >= 0.3 is 5.97 Å². The number of fused-ring (bicyclic) bond motifs is 1. The molecule has 0 fully saturated rings. The molecule has 1 heterocycles. The van der Waals surface area contributed by atoms with Gasteiger partial charge in [-0.2, -0.15) is 0 Å². The van der Waals surface area contributed by atoms with Crippen molar-refractivity contribution in [1.82, 2.24) is 10.3 Å². The highest BCUT2D eigenvalue weighted by molar-refractivity contribution is 6.24. The van der Waals surface area contributed by atoms with E-state index in [9.17, 15) is 14.7 Å². The number of pyridine rings is 1. The number of nitrogens with one attached hydrogen (secondary N) is 1. The fourth-order valence-corrected chi connectivity index (χ4v) is 2.61. The minimum atomic E-state index is -1.18. The van der Waals surface area contributed by atoms with Crippen molar-refractivity contribution in [3.8, 4) is 17.2 Å². The molecular weight excluding hydrogens is 347 g/mol. The van der Waals surface area contributed by atoms with E-state index in [0.717, 1.165) is 0 Å². The Morgan fingerprint density at radius 3 is 2.48 bits per heavy atom. The number of aliphatic carboxylic acids is 1. The summed E-state index contributed by atoms with van der Waals surface area (Å²) in [6.45, 7) is 1.70. The van der Waals surface area contributed by atoms with Crippen LogP contribution in [0.5, 0.6) is 17.2 Å². The van der Waals surface area contributed by atoms with Gasteiger partial charge in [-0.1, -0.05) is 18.2 Å². The fourth-order valence-electron chi connectivity index (χ4n) is 2.61. The smallest absolute Gasteiger partial charge is 0.317 e. The lowest BCUT2D eigenvalue weighted by Crippen LogP contribution is -2.41. The van der Waals surface area contributed by atoms with Gasteiger partial charge in [-0.05, 0) is 37.3 Å². The molecule has 2 aromatic carbocycles. The first-order valence-electron chi connectivity index (χ1n) is 8.26. The first kappa shape index (κ1) is 18.3. The SMILES string of the molecule is BC(NC(=O)c1nc(C)c2cc(Oc3ccccc3)ccc2c1O)C(=O)O. The van der Waals surface area contributed by atoms with Crippen molar-refractivity contribution in [2.45, 2.75) is 12.9 Å². The summed E-state index contributed by atoms with van der Waals surface area (Å²) >= 11 is 0. The number of aromatic nitrogens is 1. The van der Waals surface area contributed by atoms with Crippen LogP contribution in [-0.4, -0.2) is 40.9 Å². The van der Waals surface area contributed by atoms with E-state index in [4.69, 9.17) is 9.84 Å². The van der Waals surface area contributed by atoms with Crippen molar-refractivity contribution in [1.29, 1.82) is 0 Å². The third-order valence-electron chi connectivity index (χ3n) is 4.05. The Morgan fingerprint density at radius 1 is 1.11 bits per heavy atom. The second kappa shape index (κ2) is 7.37. The number of carboxylic acids is 1. The molecule has 3 aromatic rings. The Kier molecular flexibility index (Phi) is 4.98. The summed E-state index contributed by atoms with van der Waals surface area (Å²) in [7, 11) is 1.33. The molecular formula is C19H17BN2O5. The molecule has 1 atom stereocenters. The van der Waals surface area contributed by atoms with Gasteiger partial charge in [0, 0.05) is 16.5 Å². The van der Waals surface area contributed by atoms with Crippen LogP contribution >= 0.6 is 0 Å². The average Bonchev–Trinajstić information content (AvgIpc) is 2.65. The van der Waals surface area contributed by atoms with Crippen LogP contribution in [0.4, 0.5) is 0 Å². The Labute approximate surface area is 156 Å². The summed E-state index contributed by atoms with van der Waals surface area (Å²) in [5, 5.41) is 22.7. The molecule has 0 radical (unpaired) electrons. The van der Waals surface area contributed by atoms with Crippen molar-refractivity contribution in [3.05, 3.63) is 59.9 Å². The van der Waals surface area contributed by atoms with Crippen LogP contribution in [0.3, 0.4) is 0 Å². The van der Waals surface area contributed by atoms with Crippen LogP contribution < -0.4 is 10.1 Å². The van der Waals surface area contributed by atoms with Crippen molar-refractivity contribution in [3.63, 3.8) is 0 Å². The molecule has 0 saturated carbocycles. The number of para-hydroxylation sites is 1. The first-order valence-corrected chi connectivity index (χ1v) is 8.26. The van der Waals surface area contributed by atoms with Crippen LogP contribution in [0.2, 0.25) is 0 Å². The van der Waals surface area contributed by atoms with Gasteiger partial charge in [0.2, 0.25) is 0 Å². The topological polar surface area (TPSA) is 109 Å². The third-order valence-corrected chi connectivity index (χ3v) is 4.05. The lowest BCUT2D eigenvalue weighted by atomic mass is 9.96. The lowest BCUT2D eigenvalue weighted by molar-refractivity contribution is -0.137. The average molecular weight is 364 g/mol. The molecule has 136 valence electrons. The number of nitrogens with zero attached hydrogens (tertiary/aromatic N) is 1. The number of rotatable bonds is 5. The number of aromatic hydroxyl groups is 1. The Hall–Kier alpha value is -3.55. The highest BCUT2D eigenvalue weighted by Gasteiger charge is 2.21. The zero-order valence-electron chi connectivity index (χ0n) is 14.8. The van der Waals surface area contributed by atoms with Gasteiger partial charge in [0.15, 0.2) is 11.4 Å². The fraction of sp³-hybridized carbons (Fsp3) is 0.105. The van der Waals surface area contributed by atoms with Gasteiger partial charge in [-0.3, -0.25) is 9.59 Å². The second-order valence-electron chi connectivity index (χ2n) is 6.05. The minimum absolute atomic E-state index is 0.218. The van der Waals surface area contributed by atoms with Crippen LogP contribution in [0.1, 0.15) is 16.2 Å². The third kappa shape index (κ3) is 3.84. The summed E-state index contributed by atoms with van der Waals surface area (Å²) < 4.78 is 5.78. The Morgan fingerprint density at radius 2 is 1.81 bits per heavy atom. The van der Waals surface area contributed by atoms with Crippen molar-refractivity contribution in [2.24, 2.45) is 0 Å². The van der Waals surface area contributed by atoms with Crippen LogP contribution in [0.15, 0.2) is 48.5 Å². The summed E-state index contributed by atoms with van der Waals surface area (Å²) in [4.78, 5) is 27.3. The normalized spacial score (nSPS) is 11.7. The maximum atomic E-state index is 12.3. The van der Waals surface area contributed by atoms with E-state index in [1.807, 2.05) is 30.3 Å². The number of hydrogen-bond acceptors (Lipinski definition) is 5. The summed E-state index contributed by atoms with van der Waals surface area (Å²) in [5.41, 5.74) is 0.291. The zero-order valence-corrected chi connectivity index (χ0v) is 14.8. The van der Waals surface area contributed by atoms with E-state index in [1.54, 1.807) is 25.1 Å². The molecule has 0 aliphatic rings. The molecule has 3 rings (SSSR count). The number of carbonyl (C=O) groups excluding carboxylic acids is 1. The van der Waals surface area contributed by atoms with Gasteiger partial charge < -0.3 is 20.3 Å². The molecule has 3 N–H and O–H groups in total. The van der Waals surface area contributed by atoms with Gasteiger partial charge in [-0.25, -0.2) is 4.98 Å². The summed E-state index contributed by atoms with van der Waals surface area (Å²) in [6, 6.07) is 14.3. The van der Waals surface area contributed by atoms with E-state index in [0.29, 0.717) is 28.0 Å². The maximum absolute atomic E-state index is 12.3. The molecule has 8 heteroatoms. The molecule has 0 saturated heterocycles. The van der Waals surface area contributed by atoms with Gasteiger partial charge in [0.05, 0.1) is 5.94 Å². The molecule has 0 bridgehead atoms. The molecule has 0 aliphatic carbocycles. The van der Waals surface area contributed by atoms with Crippen LogP contribution in [0, 0.1) is 6.92 Å². The number of aryl methyl sites for hydroxylation is 1. The predicted octanol–water partition coefficient (Wildman–Crippen LogP) is 1.81. The molecule has 0 aliphatic heterocycles. The highest BCUT2D eigenvalue weighted by Crippen LogP contribution is 2.33. The van der Waals surface area contributed by atoms with E-state index in [-0.39, 0.29) is 11.4 Å². The zero-order chi connectivity index (χ0) is 19.6. The van der Waals surface area contributed by atoms with E-state index >= 15 is 0 Å². The molecule has 0 spiro atoms. The van der Waals surface area contributed by atoms with E-state index in [2.05, 4.69) is 10.3 Å². The van der Waals surface area contributed by atoms with Crippen LogP contribution in [-0.2, 0) is 4.79 Å². The molecule has 1 amide bonds. The van der Waals surface area contributed by atoms with Gasteiger partial charge in [0.1, 0.15) is 19.3 Å². The number of carbonyl (C=O) groups is 2. The highest BCUT2D eigenvalue weighted by atomic mass is 16.5. The van der Waals surface area contributed by atoms with Crippen molar-refractivity contribution >= 4 is 30.5 Å². The quantitative estimate of drug-likeness (QED) is 0.596. The largest absolute Gasteiger partial charge is 0.505 e. The first-order chi connectivity index (χ1) is 12.9. The number of amides is 1. The van der Waals surface area contributed by atoms with Gasteiger partial charge in [-0.15, -0.1) is 0 Å². The molecule has 1 unspecified atom stereocenters. The number of ether oxygens (including phenoxy) is 1. The van der Waals surface area contributed by atoms with Crippen molar-refractivity contribution < 1.29 is 24.5 Å². The van der Waals surface area contributed by atoms with Gasteiger partial charge in [0.25, 0.3) is 5.91 Å². The van der Waals surface area contributed by atoms with Crippen LogP contribution in [0.25, 0.3) is 10.8 Å². The molecule has 1 aromatic heterocycles. The maximum Gasteiger partial charge on any atom is 0.317 e. The standard InChI is InChI=1S/C19H17BN2O5/c1-10-14-9-12(27-11-5-3-2-4-6-11)7-8-13(14)16(23)15(21-10)18(24)22-17(20)19(25)26/h2-9,17,23H,20H2,1H3,(H,22,24)(H,25,26). The predicted molar refractivity (Wildman–Crippen MR) is 102 cm³/mol. The van der Waals surface area contributed by atoms with E-state index in [1.165, 1.54) is 7.85 Å². The van der Waals surface area contributed by atoms with Crippen molar-refractivity contribution in [2.75, 3.05) is 0 Å². The number of carboxylic acid groups (broad SMARTS) is 1. The minimum Gasteiger partial charge on any atom is -0.505 e. The lowest BCUT2D eigenvalue weighted by Gasteiger charge is -2.13. The van der Waals surface area contributed by atoms with E-state index < -0.39 is 17.8 Å². The number of benzene rings is 2. The second-order valence-corrected chi connectivity index (χ2v) is 6.05. The number of hydrogen-bond donors (Lipinski definition) is 3.